The molecular weight excluding hydrogens is 415 g/mol. The normalized spacial score (nSPS) is 11.6. The molecule has 6 heteroatoms. The molecule has 0 atom stereocenters. The minimum atomic E-state index is -0.204. The van der Waals surface area contributed by atoms with Crippen LogP contribution in [0.15, 0.2) is 35.3 Å². The number of hydrogen-bond donors (Lipinski definition) is 2. The Morgan fingerprint density at radius 3 is 2.42 bits per heavy atom. The number of hydrogen-bond acceptors (Lipinski definition) is 3. The molecule has 1 aromatic rings. The highest BCUT2D eigenvalue weighted by Crippen LogP contribution is 2.12. The number of methoxy groups -OCH3 is 1. The van der Waals surface area contributed by atoms with Gasteiger partial charge in [-0.15, -0.1) is 24.0 Å². The Morgan fingerprint density at radius 1 is 1.21 bits per heavy atom. The van der Waals surface area contributed by atoms with E-state index in [0.717, 1.165) is 32.0 Å². The van der Waals surface area contributed by atoms with Crippen molar-refractivity contribution in [1.82, 2.24) is 10.6 Å². The Hall–Kier alpha value is -1.02. The van der Waals surface area contributed by atoms with Gasteiger partial charge in [0.1, 0.15) is 0 Å². The van der Waals surface area contributed by atoms with Crippen molar-refractivity contribution in [3.05, 3.63) is 30.3 Å². The second kappa shape index (κ2) is 12.4. The first-order chi connectivity index (χ1) is 11.0. The molecule has 0 radical (unpaired) electrons. The van der Waals surface area contributed by atoms with Gasteiger partial charge in [0.05, 0.1) is 5.60 Å². The van der Waals surface area contributed by atoms with Crippen LogP contribution in [0.25, 0.3) is 0 Å². The molecule has 0 amide bonds. The van der Waals surface area contributed by atoms with Crippen molar-refractivity contribution >= 4 is 35.6 Å². The van der Waals surface area contributed by atoms with Gasteiger partial charge in [0.2, 0.25) is 0 Å². The maximum atomic E-state index is 5.40. The van der Waals surface area contributed by atoms with Gasteiger partial charge < -0.3 is 20.3 Å². The summed E-state index contributed by atoms with van der Waals surface area (Å²) < 4.78 is 5.40. The Balaban J connectivity index is 0.00000529. The smallest absolute Gasteiger partial charge is 0.191 e. The van der Waals surface area contributed by atoms with Crippen molar-refractivity contribution in [1.29, 1.82) is 0 Å². The molecule has 5 nitrogen and oxygen atoms in total. The first-order valence-corrected chi connectivity index (χ1v) is 8.32. The highest BCUT2D eigenvalue weighted by atomic mass is 127. The van der Waals surface area contributed by atoms with Crippen molar-refractivity contribution in [3.8, 4) is 0 Å². The van der Waals surface area contributed by atoms with Crippen molar-refractivity contribution in [3.63, 3.8) is 0 Å². The van der Waals surface area contributed by atoms with Crippen LogP contribution >= 0.6 is 24.0 Å². The van der Waals surface area contributed by atoms with Crippen molar-refractivity contribution in [2.45, 2.75) is 32.8 Å². The third kappa shape index (κ3) is 8.73. The zero-order valence-corrected chi connectivity index (χ0v) is 18.0. The summed E-state index contributed by atoms with van der Waals surface area (Å²) in [5.74, 6) is 0.817. The molecule has 1 aromatic carbocycles. The van der Waals surface area contributed by atoms with E-state index in [-0.39, 0.29) is 29.6 Å². The number of para-hydroxylation sites is 1. The van der Waals surface area contributed by atoms with Gasteiger partial charge in [-0.25, -0.2) is 0 Å². The summed E-state index contributed by atoms with van der Waals surface area (Å²) in [5, 5.41) is 6.65. The van der Waals surface area contributed by atoms with E-state index in [0.29, 0.717) is 6.54 Å². The molecule has 2 N–H and O–H groups in total. The molecule has 0 aromatic heterocycles. The second-order valence-electron chi connectivity index (χ2n) is 6.09. The van der Waals surface area contributed by atoms with E-state index in [1.165, 1.54) is 5.69 Å². The fourth-order valence-electron chi connectivity index (χ4n) is 2.17. The third-order valence-corrected chi connectivity index (χ3v) is 3.86. The first kappa shape index (κ1) is 23.0. The summed E-state index contributed by atoms with van der Waals surface area (Å²) in [5.41, 5.74) is 1.07. The number of guanidine groups is 1. The van der Waals surface area contributed by atoms with Crippen LogP contribution in [0.4, 0.5) is 5.69 Å². The van der Waals surface area contributed by atoms with Gasteiger partial charge in [-0.2, -0.15) is 0 Å². The number of anilines is 1. The second-order valence-corrected chi connectivity index (χ2v) is 6.09. The average molecular weight is 448 g/mol. The quantitative estimate of drug-likeness (QED) is 0.264. The summed E-state index contributed by atoms with van der Waals surface area (Å²) >= 11 is 0. The number of ether oxygens (including phenoxy) is 1. The lowest BCUT2D eigenvalue weighted by atomic mass is 10.1. The summed E-state index contributed by atoms with van der Waals surface area (Å²) in [4.78, 5) is 6.63. The van der Waals surface area contributed by atoms with Gasteiger partial charge in [0, 0.05) is 46.0 Å². The molecule has 0 heterocycles. The van der Waals surface area contributed by atoms with Gasteiger partial charge in [-0.1, -0.05) is 18.2 Å². The molecule has 0 aliphatic carbocycles. The van der Waals surface area contributed by atoms with E-state index < -0.39 is 0 Å². The molecule has 0 aliphatic heterocycles. The Bertz CT molecular complexity index is 465. The SMILES string of the molecule is CCN(CCCNC(=NC)NCC(C)(C)OC)c1ccccc1.I. The number of nitrogens with one attached hydrogen (secondary N) is 2. The summed E-state index contributed by atoms with van der Waals surface area (Å²) in [6, 6.07) is 10.5. The number of benzene rings is 1. The van der Waals surface area contributed by atoms with Crippen LogP contribution in [0.3, 0.4) is 0 Å². The fourth-order valence-corrected chi connectivity index (χ4v) is 2.17. The lowest BCUT2D eigenvalue weighted by Crippen LogP contribution is -2.45. The molecule has 0 saturated carbocycles. The molecule has 0 spiro atoms. The van der Waals surface area contributed by atoms with E-state index in [1.54, 1.807) is 14.2 Å². The number of aliphatic imine (C=N–C) groups is 1. The topological polar surface area (TPSA) is 48.9 Å². The van der Waals surface area contributed by atoms with E-state index in [1.807, 2.05) is 13.8 Å². The van der Waals surface area contributed by atoms with Crippen molar-refractivity contribution < 1.29 is 4.74 Å². The lowest BCUT2D eigenvalue weighted by molar-refractivity contribution is 0.0268. The maximum Gasteiger partial charge on any atom is 0.191 e. The average Bonchev–Trinajstić information content (AvgIpc) is 2.58. The number of halogens is 1. The van der Waals surface area contributed by atoms with Crippen LogP contribution < -0.4 is 15.5 Å². The van der Waals surface area contributed by atoms with Gasteiger partial charge >= 0.3 is 0 Å². The zero-order valence-electron chi connectivity index (χ0n) is 15.6. The highest BCUT2D eigenvalue weighted by molar-refractivity contribution is 14.0. The van der Waals surface area contributed by atoms with Crippen LogP contribution in [-0.4, -0.2) is 51.9 Å². The molecule has 0 aliphatic rings. The molecule has 138 valence electrons. The number of rotatable bonds is 9. The molecule has 1 rings (SSSR count). The third-order valence-electron chi connectivity index (χ3n) is 3.86. The van der Waals surface area contributed by atoms with Crippen LogP contribution in [0, 0.1) is 0 Å². The van der Waals surface area contributed by atoms with Gasteiger partial charge in [0.25, 0.3) is 0 Å². The Morgan fingerprint density at radius 2 is 1.88 bits per heavy atom. The summed E-state index contributed by atoms with van der Waals surface area (Å²) in [6.45, 7) is 9.92. The van der Waals surface area contributed by atoms with Gasteiger partial charge in [-0.05, 0) is 39.3 Å². The van der Waals surface area contributed by atoms with Crippen LogP contribution in [0.1, 0.15) is 27.2 Å². The molecule has 0 fully saturated rings. The van der Waals surface area contributed by atoms with Crippen molar-refractivity contribution in [2.24, 2.45) is 4.99 Å². The first-order valence-electron chi connectivity index (χ1n) is 8.32. The van der Waals surface area contributed by atoms with Gasteiger partial charge in [0.15, 0.2) is 5.96 Å². The largest absolute Gasteiger partial charge is 0.377 e. The minimum absolute atomic E-state index is 0. The summed E-state index contributed by atoms with van der Waals surface area (Å²) in [6.07, 6.45) is 1.05. The Kier molecular flexibility index (Phi) is 11.8. The van der Waals surface area contributed by atoms with E-state index in [4.69, 9.17) is 4.74 Å². The zero-order chi connectivity index (χ0) is 17.1. The van der Waals surface area contributed by atoms with Crippen molar-refractivity contribution in [2.75, 3.05) is 45.2 Å². The lowest BCUT2D eigenvalue weighted by Gasteiger charge is -2.25. The van der Waals surface area contributed by atoms with E-state index >= 15 is 0 Å². The fraction of sp³-hybridized carbons (Fsp3) is 0.611. The molecule has 0 saturated heterocycles. The van der Waals surface area contributed by atoms with Crippen LogP contribution in [0.5, 0.6) is 0 Å². The monoisotopic (exact) mass is 448 g/mol. The molecule has 24 heavy (non-hydrogen) atoms. The molecule has 0 unspecified atom stereocenters. The Labute approximate surface area is 164 Å². The van der Waals surface area contributed by atoms with Gasteiger partial charge in [-0.3, -0.25) is 4.99 Å². The van der Waals surface area contributed by atoms with Crippen LogP contribution in [-0.2, 0) is 4.74 Å². The highest BCUT2D eigenvalue weighted by Gasteiger charge is 2.16. The molecule has 0 bridgehead atoms. The van der Waals surface area contributed by atoms with E-state index in [9.17, 15) is 0 Å². The van der Waals surface area contributed by atoms with Crippen LogP contribution in [0.2, 0.25) is 0 Å². The summed E-state index contributed by atoms with van der Waals surface area (Å²) in [7, 11) is 3.51. The maximum absolute atomic E-state index is 5.40. The van der Waals surface area contributed by atoms with E-state index in [2.05, 4.69) is 57.8 Å². The predicted molar refractivity (Wildman–Crippen MR) is 115 cm³/mol. The minimum Gasteiger partial charge on any atom is -0.377 e. The number of nitrogens with zero attached hydrogens (tertiary/aromatic N) is 2. The predicted octanol–water partition coefficient (Wildman–Crippen LogP) is 3.11. The standard InChI is InChI=1S/C18H32N4O.HI/c1-6-22(16-11-8-7-9-12-16)14-10-13-20-17(19-4)21-15-18(2,3)23-5;/h7-9,11-12H,6,10,13-15H2,1-5H3,(H2,19,20,21);1H. The molecular formula is C18H33IN4O.